The first-order valence-corrected chi connectivity index (χ1v) is 6.59. The summed E-state index contributed by atoms with van der Waals surface area (Å²) in [5.74, 6) is 0. The van der Waals surface area contributed by atoms with Gasteiger partial charge >= 0.3 is 0 Å². The molecule has 0 radical (unpaired) electrons. The van der Waals surface area contributed by atoms with E-state index in [9.17, 15) is 8.42 Å². The van der Waals surface area contributed by atoms with Gasteiger partial charge in [-0.3, -0.25) is 4.72 Å². The maximum Gasteiger partial charge on any atom is 0.229 e. The van der Waals surface area contributed by atoms with Gasteiger partial charge < -0.3 is 5.73 Å². The first-order chi connectivity index (χ1) is 6.92. The number of benzene rings is 1. The maximum atomic E-state index is 11.0. The van der Waals surface area contributed by atoms with E-state index in [4.69, 9.17) is 5.73 Å². The first kappa shape index (κ1) is 12.0. The quantitative estimate of drug-likeness (QED) is 0.803. The highest BCUT2D eigenvalue weighted by molar-refractivity contribution is 7.92. The van der Waals surface area contributed by atoms with E-state index < -0.39 is 10.0 Å². The fourth-order valence-corrected chi connectivity index (χ4v) is 1.99. The van der Waals surface area contributed by atoms with Crippen LogP contribution in [-0.2, 0) is 16.4 Å². The van der Waals surface area contributed by atoms with Crippen LogP contribution in [-0.4, -0.2) is 21.2 Å². The molecule has 5 heteroatoms. The number of nitrogens with two attached hydrogens (primary N) is 1. The van der Waals surface area contributed by atoms with Crippen molar-refractivity contribution in [3.63, 3.8) is 0 Å². The van der Waals surface area contributed by atoms with Gasteiger partial charge in [-0.15, -0.1) is 0 Å². The van der Waals surface area contributed by atoms with E-state index in [0.29, 0.717) is 12.2 Å². The minimum atomic E-state index is -3.20. The Balaban J connectivity index is 2.93. The van der Waals surface area contributed by atoms with Gasteiger partial charge in [-0.25, -0.2) is 8.42 Å². The van der Waals surface area contributed by atoms with Crippen LogP contribution in [0.2, 0.25) is 0 Å². The van der Waals surface area contributed by atoms with E-state index >= 15 is 0 Å². The Morgan fingerprint density at radius 1 is 1.40 bits per heavy atom. The topological polar surface area (TPSA) is 72.2 Å². The van der Waals surface area contributed by atoms with Crippen LogP contribution >= 0.6 is 0 Å². The lowest BCUT2D eigenvalue weighted by atomic mass is 10.1. The average molecular weight is 228 g/mol. The Bertz CT molecular complexity index is 441. The van der Waals surface area contributed by atoms with Crippen molar-refractivity contribution in [2.75, 3.05) is 17.5 Å². The highest BCUT2D eigenvalue weighted by Crippen LogP contribution is 2.17. The molecule has 0 aromatic heterocycles. The van der Waals surface area contributed by atoms with Crippen molar-refractivity contribution < 1.29 is 8.42 Å². The van der Waals surface area contributed by atoms with Crippen LogP contribution in [0, 0.1) is 6.92 Å². The van der Waals surface area contributed by atoms with Crippen LogP contribution in [0.25, 0.3) is 0 Å². The number of aryl methyl sites for hydroxylation is 1. The predicted octanol–water partition coefficient (Wildman–Crippen LogP) is 0.868. The maximum absolute atomic E-state index is 11.0. The normalized spacial score (nSPS) is 11.4. The van der Waals surface area contributed by atoms with Crippen LogP contribution in [0.3, 0.4) is 0 Å². The number of nitrogens with one attached hydrogen (secondary N) is 1. The van der Waals surface area contributed by atoms with Crippen molar-refractivity contribution in [3.8, 4) is 0 Å². The average Bonchev–Trinajstić information content (AvgIpc) is 2.08. The Hall–Kier alpha value is -1.07. The standard InChI is InChI=1S/C10H16N2O2S/c1-8-7-9(5-6-11)3-4-10(8)12-15(2,13)14/h3-4,7,12H,5-6,11H2,1-2H3. The summed E-state index contributed by atoms with van der Waals surface area (Å²) in [6.45, 7) is 2.46. The number of hydrogen-bond acceptors (Lipinski definition) is 3. The van der Waals surface area contributed by atoms with Crippen molar-refractivity contribution in [1.29, 1.82) is 0 Å². The zero-order valence-electron chi connectivity index (χ0n) is 8.95. The SMILES string of the molecule is Cc1cc(CCN)ccc1NS(C)(=O)=O. The number of rotatable bonds is 4. The molecule has 0 saturated heterocycles. The highest BCUT2D eigenvalue weighted by Gasteiger charge is 2.04. The molecule has 0 aliphatic rings. The molecule has 0 bridgehead atoms. The van der Waals surface area contributed by atoms with E-state index in [1.165, 1.54) is 0 Å². The smallest absolute Gasteiger partial charge is 0.229 e. The molecule has 0 heterocycles. The molecule has 0 amide bonds. The molecular weight excluding hydrogens is 212 g/mol. The van der Waals surface area contributed by atoms with Crippen molar-refractivity contribution >= 4 is 15.7 Å². The fourth-order valence-electron chi connectivity index (χ4n) is 1.36. The lowest BCUT2D eigenvalue weighted by molar-refractivity contribution is 0.607. The summed E-state index contributed by atoms with van der Waals surface area (Å²) in [7, 11) is -3.20. The van der Waals surface area contributed by atoms with Crippen LogP contribution in [0.15, 0.2) is 18.2 Å². The Morgan fingerprint density at radius 2 is 2.07 bits per heavy atom. The predicted molar refractivity (Wildman–Crippen MR) is 62.4 cm³/mol. The molecule has 84 valence electrons. The summed E-state index contributed by atoms with van der Waals surface area (Å²) < 4.78 is 24.5. The second-order valence-electron chi connectivity index (χ2n) is 3.56. The van der Waals surface area contributed by atoms with Gasteiger partial charge in [-0.2, -0.15) is 0 Å². The Labute approximate surface area is 90.5 Å². The largest absolute Gasteiger partial charge is 0.330 e. The summed E-state index contributed by atoms with van der Waals surface area (Å²) in [4.78, 5) is 0. The molecule has 0 fully saturated rings. The molecule has 0 atom stereocenters. The highest BCUT2D eigenvalue weighted by atomic mass is 32.2. The van der Waals surface area contributed by atoms with E-state index in [0.717, 1.165) is 23.8 Å². The van der Waals surface area contributed by atoms with Gasteiger partial charge in [0.1, 0.15) is 0 Å². The van der Waals surface area contributed by atoms with Crippen LogP contribution in [0.5, 0.6) is 0 Å². The number of anilines is 1. The van der Waals surface area contributed by atoms with Gasteiger partial charge in [0.15, 0.2) is 0 Å². The zero-order chi connectivity index (χ0) is 11.5. The van der Waals surface area contributed by atoms with Gasteiger partial charge in [0, 0.05) is 0 Å². The van der Waals surface area contributed by atoms with Crippen LogP contribution in [0.4, 0.5) is 5.69 Å². The summed E-state index contributed by atoms with van der Waals surface area (Å²) in [6.07, 6.45) is 1.94. The molecule has 0 aliphatic carbocycles. The Morgan fingerprint density at radius 3 is 2.53 bits per heavy atom. The molecule has 1 aromatic carbocycles. The van der Waals surface area contributed by atoms with Gasteiger partial charge in [-0.1, -0.05) is 12.1 Å². The summed E-state index contributed by atoms with van der Waals surface area (Å²) in [5.41, 5.74) is 8.09. The van der Waals surface area contributed by atoms with Crippen molar-refractivity contribution in [2.24, 2.45) is 5.73 Å². The lowest BCUT2D eigenvalue weighted by Crippen LogP contribution is -2.11. The molecular formula is C10H16N2O2S. The number of sulfonamides is 1. The van der Waals surface area contributed by atoms with E-state index in [-0.39, 0.29) is 0 Å². The molecule has 3 N–H and O–H groups in total. The van der Waals surface area contributed by atoms with Gasteiger partial charge in [0.2, 0.25) is 10.0 Å². The minimum absolute atomic E-state index is 0.596. The minimum Gasteiger partial charge on any atom is -0.330 e. The third-order valence-electron chi connectivity index (χ3n) is 2.02. The first-order valence-electron chi connectivity index (χ1n) is 4.70. The molecule has 4 nitrogen and oxygen atoms in total. The lowest BCUT2D eigenvalue weighted by Gasteiger charge is -2.09. The molecule has 0 spiro atoms. The van der Waals surface area contributed by atoms with Gasteiger partial charge in [0.05, 0.1) is 11.9 Å². The fraction of sp³-hybridized carbons (Fsp3) is 0.400. The van der Waals surface area contributed by atoms with Crippen molar-refractivity contribution in [2.45, 2.75) is 13.3 Å². The zero-order valence-corrected chi connectivity index (χ0v) is 9.76. The van der Waals surface area contributed by atoms with Crippen molar-refractivity contribution in [1.82, 2.24) is 0 Å². The summed E-state index contributed by atoms with van der Waals surface area (Å²) in [5, 5.41) is 0. The molecule has 1 aromatic rings. The monoisotopic (exact) mass is 228 g/mol. The third-order valence-corrected chi connectivity index (χ3v) is 2.61. The van der Waals surface area contributed by atoms with E-state index in [1.807, 2.05) is 19.1 Å². The molecule has 1 rings (SSSR count). The number of hydrogen-bond donors (Lipinski definition) is 2. The Kier molecular flexibility index (Phi) is 3.71. The van der Waals surface area contributed by atoms with Crippen LogP contribution in [0.1, 0.15) is 11.1 Å². The third kappa shape index (κ3) is 3.89. The molecule has 0 aliphatic heterocycles. The second-order valence-corrected chi connectivity index (χ2v) is 5.31. The second kappa shape index (κ2) is 4.63. The van der Waals surface area contributed by atoms with Gasteiger partial charge in [-0.05, 0) is 37.1 Å². The molecule has 0 saturated carbocycles. The van der Waals surface area contributed by atoms with E-state index in [2.05, 4.69) is 4.72 Å². The summed E-state index contributed by atoms with van der Waals surface area (Å²) >= 11 is 0. The van der Waals surface area contributed by atoms with Gasteiger partial charge in [0.25, 0.3) is 0 Å². The van der Waals surface area contributed by atoms with Crippen molar-refractivity contribution in [3.05, 3.63) is 29.3 Å². The summed E-state index contributed by atoms with van der Waals surface area (Å²) in [6, 6.07) is 5.59. The molecule has 15 heavy (non-hydrogen) atoms. The van der Waals surface area contributed by atoms with Crippen LogP contribution < -0.4 is 10.5 Å². The molecule has 0 unspecified atom stereocenters. The van der Waals surface area contributed by atoms with E-state index in [1.54, 1.807) is 6.07 Å².